The van der Waals surface area contributed by atoms with Crippen LogP contribution in [-0.2, 0) is 23.3 Å². The largest absolute Gasteiger partial charge is 0.374 e. The molecule has 3 aromatic rings. The molecule has 0 N–H and O–H groups in total. The zero-order valence-corrected chi connectivity index (χ0v) is 19.4. The number of piperazine rings is 1. The molecule has 2 aromatic heterocycles. The van der Waals surface area contributed by atoms with Crippen molar-refractivity contribution in [2.45, 2.75) is 32.4 Å². The van der Waals surface area contributed by atoms with Crippen LogP contribution in [0.25, 0.3) is 5.69 Å². The molecule has 1 aliphatic heterocycles. The topological polar surface area (TPSA) is 68.4 Å². The Morgan fingerprint density at radius 2 is 1.69 bits per heavy atom. The van der Waals surface area contributed by atoms with E-state index in [9.17, 15) is 4.79 Å². The molecule has 3 heterocycles. The smallest absolute Gasteiger partial charge is 0.332 e. The highest BCUT2D eigenvalue weighted by molar-refractivity contribution is 5.43. The van der Waals surface area contributed by atoms with Crippen LogP contribution in [0.5, 0.6) is 0 Å². The van der Waals surface area contributed by atoms with Gasteiger partial charge in [-0.05, 0) is 38.6 Å². The molecule has 0 saturated carbocycles. The van der Waals surface area contributed by atoms with Crippen LogP contribution in [0, 0.1) is 0 Å². The van der Waals surface area contributed by atoms with Gasteiger partial charge in [-0.2, -0.15) is 0 Å². The van der Waals surface area contributed by atoms with E-state index in [1.54, 1.807) is 28.6 Å². The molecule has 4 rings (SSSR count). The van der Waals surface area contributed by atoms with E-state index >= 15 is 0 Å². The minimum absolute atomic E-state index is 0.0613. The zero-order valence-electron chi connectivity index (χ0n) is 19.4. The Morgan fingerprint density at radius 1 is 1.00 bits per heavy atom. The van der Waals surface area contributed by atoms with Crippen LogP contribution in [-0.4, -0.2) is 64.3 Å². The highest BCUT2D eigenvalue weighted by Crippen LogP contribution is 2.24. The molecule has 0 amide bonds. The van der Waals surface area contributed by atoms with Crippen LogP contribution >= 0.6 is 0 Å². The van der Waals surface area contributed by atoms with Crippen molar-refractivity contribution in [3.8, 4) is 5.69 Å². The first-order chi connectivity index (χ1) is 15.4. The molecular formula is C24H32N6O2. The van der Waals surface area contributed by atoms with E-state index in [-0.39, 0.29) is 11.3 Å². The molecule has 8 heteroatoms. The van der Waals surface area contributed by atoms with Crippen molar-refractivity contribution < 1.29 is 4.74 Å². The molecule has 0 bridgehead atoms. The Kier molecular flexibility index (Phi) is 6.43. The van der Waals surface area contributed by atoms with Crippen molar-refractivity contribution in [1.29, 1.82) is 0 Å². The van der Waals surface area contributed by atoms with E-state index in [0.29, 0.717) is 13.0 Å². The SMILES string of the molecule is COC(C)(C)c1ccc(-n2ccn(CCc3nccnc3N3CCN(C)CC3)c2=O)cc1. The number of hydrogen-bond acceptors (Lipinski definition) is 6. The maximum absolute atomic E-state index is 13.0. The Morgan fingerprint density at radius 3 is 2.38 bits per heavy atom. The quantitative estimate of drug-likeness (QED) is 0.566. The molecule has 8 nitrogen and oxygen atoms in total. The number of methoxy groups -OCH3 is 1. The Bertz CT molecular complexity index is 1090. The second kappa shape index (κ2) is 9.26. The minimum atomic E-state index is -0.367. The van der Waals surface area contributed by atoms with Gasteiger partial charge in [-0.15, -0.1) is 0 Å². The van der Waals surface area contributed by atoms with Gasteiger partial charge >= 0.3 is 5.69 Å². The van der Waals surface area contributed by atoms with E-state index in [1.165, 1.54) is 0 Å². The molecule has 0 aliphatic carbocycles. The Hall–Kier alpha value is -2.97. The summed E-state index contributed by atoms with van der Waals surface area (Å²) in [5, 5.41) is 0. The summed E-state index contributed by atoms with van der Waals surface area (Å²) in [5.74, 6) is 0.935. The van der Waals surface area contributed by atoms with Gasteiger partial charge in [0.15, 0.2) is 0 Å². The monoisotopic (exact) mass is 436 g/mol. The molecule has 0 atom stereocenters. The molecule has 1 aliphatic rings. The fraction of sp³-hybridized carbons (Fsp3) is 0.458. The summed E-state index contributed by atoms with van der Waals surface area (Å²) in [5.41, 5.74) is 2.40. The maximum atomic E-state index is 13.0. The normalized spacial score (nSPS) is 15.3. The van der Waals surface area contributed by atoms with Crippen molar-refractivity contribution in [3.05, 3.63) is 70.8 Å². The minimum Gasteiger partial charge on any atom is -0.374 e. The average Bonchev–Trinajstić information content (AvgIpc) is 3.18. The van der Waals surface area contributed by atoms with Crippen LogP contribution < -0.4 is 10.6 Å². The van der Waals surface area contributed by atoms with Gasteiger partial charge in [-0.3, -0.25) is 14.1 Å². The van der Waals surface area contributed by atoms with E-state index in [1.807, 2.05) is 50.5 Å². The van der Waals surface area contributed by atoms with Gasteiger partial charge in [0.05, 0.1) is 17.0 Å². The van der Waals surface area contributed by atoms with Gasteiger partial charge in [0.2, 0.25) is 0 Å². The number of imidazole rings is 1. The van der Waals surface area contributed by atoms with Crippen molar-refractivity contribution in [1.82, 2.24) is 24.0 Å². The van der Waals surface area contributed by atoms with Crippen molar-refractivity contribution >= 4 is 5.82 Å². The predicted molar refractivity (Wildman–Crippen MR) is 126 cm³/mol. The summed E-state index contributed by atoms with van der Waals surface area (Å²) in [6.45, 7) is 8.50. The average molecular weight is 437 g/mol. The molecule has 170 valence electrons. The van der Waals surface area contributed by atoms with Crippen molar-refractivity contribution in [2.75, 3.05) is 45.2 Å². The highest BCUT2D eigenvalue weighted by atomic mass is 16.5. The summed E-state index contributed by atoms with van der Waals surface area (Å²) in [6, 6.07) is 7.92. The third kappa shape index (κ3) is 4.61. The standard InChI is InChI=1S/C24H32N6O2/c1-24(2,32-4)19-5-7-20(8-6-19)30-18-17-29(23(30)31)12-9-21-22(26-11-10-25-21)28-15-13-27(3)14-16-28/h5-8,10-11,17-18H,9,12-16H2,1-4H3. The first kappa shape index (κ1) is 22.2. The molecule has 32 heavy (non-hydrogen) atoms. The maximum Gasteiger partial charge on any atom is 0.332 e. The fourth-order valence-corrected chi connectivity index (χ4v) is 3.97. The number of ether oxygens (including phenoxy) is 1. The van der Waals surface area contributed by atoms with E-state index in [0.717, 1.165) is 48.9 Å². The molecule has 0 spiro atoms. The van der Waals surface area contributed by atoms with Gasteiger partial charge in [0.1, 0.15) is 5.82 Å². The van der Waals surface area contributed by atoms with Gasteiger partial charge in [0, 0.05) is 71.0 Å². The molecule has 0 unspecified atom stereocenters. The summed E-state index contributed by atoms with van der Waals surface area (Å²) >= 11 is 0. The lowest BCUT2D eigenvalue weighted by Gasteiger charge is -2.33. The molecule has 1 aromatic carbocycles. The van der Waals surface area contributed by atoms with Crippen molar-refractivity contribution in [3.63, 3.8) is 0 Å². The first-order valence-electron chi connectivity index (χ1n) is 11.1. The number of rotatable bonds is 7. The van der Waals surface area contributed by atoms with Crippen LogP contribution in [0.3, 0.4) is 0 Å². The summed E-state index contributed by atoms with van der Waals surface area (Å²) in [6.07, 6.45) is 7.78. The van der Waals surface area contributed by atoms with Gasteiger partial charge in [-0.1, -0.05) is 12.1 Å². The van der Waals surface area contributed by atoms with Gasteiger partial charge < -0.3 is 14.5 Å². The van der Waals surface area contributed by atoms with Gasteiger partial charge in [-0.25, -0.2) is 9.78 Å². The second-order valence-corrected chi connectivity index (χ2v) is 8.77. The third-order valence-corrected chi connectivity index (χ3v) is 6.34. The first-order valence-corrected chi connectivity index (χ1v) is 11.1. The third-order valence-electron chi connectivity index (χ3n) is 6.34. The van der Waals surface area contributed by atoms with Crippen LogP contribution in [0.15, 0.2) is 53.8 Å². The predicted octanol–water partition coefficient (Wildman–Crippen LogP) is 2.30. The number of hydrogen-bond donors (Lipinski definition) is 0. The molecule has 1 saturated heterocycles. The van der Waals surface area contributed by atoms with Crippen LogP contribution in [0.4, 0.5) is 5.82 Å². The van der Waals surface area contributed by atoms with Crippen molar-refractivity contribution in [2.24, 2.45) is 0 Å². The highest BCUT2D eigenvalue weighted by Gasteiger charge is 2.20. The summed E-state index contributed by atoms with van der Waals surface area (Å²) in [4.78, 5) is 26.8. The van der Waals surface area contributed by atoms with Crippen LogP contribution in [0.1, 0.15) is 25.1 Å². The second-order valence-electron chi connectivity index (χ2n) is 8.77. The van der Waals surface area contributed by atoms with E-state index in [4.69, 9.17) is 4.74 Å². The number of likely N-dealkylation sites (N-methyl/N-ethyl adjacent to an activating group) is 1. The number of aryl methyl sites for hydroxylation is 2. The Balaban J connectivity index is 1.48. The lowest BCUT2D eigenvalue weighted by atomic mass is 9.98. The number of nitrogens with zero attached hydrogens (tertiary/aromatic N) is 6. The lowest BCUT2D eigenvalue weighted by molar-refractivity contribution is 0.0192. The lowest BCUT2D eigenvalue weighted by Crippen LogP contribution is -2.45. The number of anilines is 1. The molecular weight excluding hydrogens is 404 g/mol. The molecule has 0 radical (unpaired) electrons. The number of aromatic nitrogens is 4. The Labute approximate surface area is 189 Å². The summed E-state index contributed by atoms with van der Waals surface area (Å²) in [7, 11) is 3.84. The fourth-order valence-electron chi connectivity index (χ4n) is 3.97. The van der Waals surface area contributed by atoms with E-state index in [2.05, 4.69) is 26.8 Å². The zero-order chi connectivity index (χ0) is 22.7. The molecule has 1 fully saturated rings. The number of benzene rings is 1. The van der Waals surface area contributed by atoms with Crippen LogP contribution in [0.2, 0.25) is 0 Å². The summed E-state index contributed by atoms with van der Waals surface area (Å²) < 4.78 is 8.94. The van der Waals surface area contributed by atoms with Gasteiger partial charge in [0.25, 0.3) is 0 Å². The van der Waals surface area contributed by atoms with E-state index < -0.39 is 0 Å².